The van der Waals surface area contributed by atoms with Crippen LogP contribution in [0.2, 0.25) is 0 Å². The minimum atomic E-state index is -0.255. The monoisotopic (exact) mass is 354 g/mol. The minimum Gasteiger partial charge on any atom is -0.363 e. The first kappa shape index (κ1) is 15.8. The van der Waals surface area contributed by atoms with Crippen LogP contribution in [0.15, 0.2) is 66.7 Å². The first-order valence-corrected chi connectivity index (χ1v) is 9.03. The Morgan fingerprint density at radius 1 is 0.704 bits per heavy atom. The zero-order valence-electron chi connectivity index (χ0n) is 15.0. The molecule has 0 bridgehead atoms. The van der Waals surface area contributed by atoms with Gasteiger partial charge in [-0.15, -0.1) is 0 Å². The molecule has 2 heterocycles. The molecule has 2 amide bonds. The molecule has 2 aliphatic rings. The van der Waals surface area contributed by atoms with Crippen LogP contribution in [0.25, 0.3) is 0 Å². The molecule has 0 atom stereocenters. The van der Waals surface area contributed by atoms with Crippen LogP contribution in [0.4, 0.5) is 11.4 Å². The second-order valence-corrected chi connectivity index (χ2v) is 7.14. The highest BCUT2D eigenvalue weighted by molar-refractivity contribution is 6.34. The Balaban J connectivity index is 1.48. The van der Waals surface area contributed by atoms with Gasteiger partial charge in [-0.3, -0.25) is 9.59 Å². The average Bonchev–Trinajstić information content (AvgIpc) is 3.22. The smallest absolute Gasteiger partial charge is 0.266 e. The number of amides is 2. The van der Waals surface area contributed by atoms with Gasteiger partial charge >= 0.3 is 0 Å². The standard InChI is InChI=1S/C23H18N2O2/c1-15-6-8-18(9-7-15)25-22(26)20-11-10-19(12-21(20)23(25)27)24-13-16-4-2-3-5-17(16)14-24/h2-12H,13-14H2,1H3. The highest BCUT2D eigenvalue weighted by Crippen LogP contribution is 2.34. The van der Waals surface area contributed by atoms with Crippen molar-refractivity contribution in [3.63, 3.8) is 0 Å². The van der Waals surface area contributed by atoms with Crippen molar-refractivity contribution in [1.29, 1.82) is 0 Å². The van der Waals surface area contributed by atoms with E-state index in [0.29, 0.717) is 16.8 Å². The molecule has 0 N–H and O–H groups in total. The number of hydrogen-bond donors (Lipinski definition) is 0. The van der Waals surface area contributed by atoms with E-state index in [0.717, 1.165) is 24.3 Å². The fourth-order valence-electron chi connectivity index (χ4n) is 3.87. The van der Waals surface area contributed by atoms with Gasteiger partial charge in [-0.1, -0.05) is 42.0 Å². The lowest BCUT2D eigenvalue weighted by Crippen LogP contribution is -2.29. The van der Waals surface area contributed by atoms with Crippen molar-refractivity contribution >= 4 is 23.2 Å². The molecular formula is C23H18N2O2. The van der Waals surface area contributed by atoms with Crippen molar-refractivity contribution in [2.24, 2.45) is 0 Å². The fourth-order valence-corrected chi connectivity index (χ4v) is 3.87. The number of anilines is 2. The van der Waals surface area contributed by atoms with Crippen LogP contribution < -0.4 is 9.80 Å². The van der Waals surface area contributed by atoms with Gasteiger partial charge in [0.2, 0.25) is 0 Å². The van der Waals surface area contributed by atoms with Crippen LogP contribution >= 0.6 is 0 Å². The third-order valence-corrected chi connectivity index (χ3v) is 5.37. The highest BCUT2D eigenvalue weighted by Gasteiger charge is 2.37. The first-order chi connectivity index (χ1) is 13.1. The number of nitrogens with zero attached hydrogens (tertiary/aromatic N) is 2. The van der Waals surface area contributed by atoms with E-state index in [1.807, 2.05) is 55.5 Å². The first-order valence-electron chi connectivity index (χ1n) is 9.03. The van der Waals surface area contributed by atoms with E-state index < -0.39 is 0 Å². The van der Waals surface area contributed by atoms with Gasteiger partial charge in [0.05, 0.1) is 16.8 Å². The number of imide groups is 1. The molecule has 27 heavy (non-hydrogen) atoms. The van der Waals surface area contributed by atoms with Gasteiger partial charge in [-0.2, -0.15) is 0 Å². The Bertz CT molecular complexity index is 1060. The molecule has 0 aromatic heterocycles. The third-order valence-electron chi connectivity index (χ3n) is 5.37. The van der Waals surface area contributed by atoms with Crippen molar-refractivity contribution in [3.8, 4) is 0 Å². The summed E-state index contributed by atoms with van der Waals surface area (Å²) in [5, 5.41) is 0. The lowest BCUT2D eigenvalue weighted by atomic mass is 10.1. The Kier molecular flexibility index (Phi) is 3.41. The maximum absolute atomic E-state index is 13.0. The number of aryl methyl sites for hydroxylation is 1. The van der Waals surface area contributed by atoms with Gasteiger partial charge in [0.1, 0.15) is 0 Å². The summed E-state index contributed by atoms with van der Waals surface area (Å²) in [4.78, 5) is 29.3. The molecule has 4 nitrogen and oxygen atoms in total. The summed E-state index contributed by atoms with van der Waals surface area (Å²) in [7, 11) is 0. The summed E-state index contributed by atoms with van der Waals surface area (Å²) in [6, 6.07) is 21.4. The fraction of sp³-hybridized carbons (Fsp3) is 0.130. The molecule has 3 aromatic carbocycles. The van der Waals surface area contributed by atoms with E-state index in [1.54, 1.807) is 6.07 Å². The molecule has 3 aromatic rings. The predicted octanol–water partition coefficient (Wildman–Crippen LogP) is 4.32. The second kappa shape index (κ2) is 5.81. The van der Waals surface area contributed by atoms with Crippen LogP contribution in [0.3, 0.4) is 0 Å². The maximum atomic E-state index is 13.0. The van der Waals surface area contributed by atoms with Gasteiger partial charge in [0.15, 0.2) is 0 Å². The van der Waals surface area contributed by atoms with Crippen molar-refractivity contribution in [3.05, 3.63) is 94.5 Å². The average molecular weight is 354 g/mol. The summed E-state index contributed by atoms with van der Waals surface area (Å²) in [6.45, 7) is 3.62. The summed E-state index contributed by atoms with van der Waals surface area (Å²) < 4.78 is 0. The van der Waals surface area contributed by atoms with Crippen molar-refractivity contribution in [1.82, 2.24) is 0 Å². The molecule has 5 rings (SSSR count). The molecule has 0 saturated heterocycles. The molecule has 0 aliphatic carbocycles. The molecule has 0 fully saturated rings. The summed E-state index contributed by atoms with van der Waals surface area (Å²) >= 11 is 0. The Morgan fingerprint density at radius 2 is 1.30 bits per heavy atom. The van der Waals surface area contributed by atoms with E-state index in [4.69, 9.17) is 0 Å². The number of rotatable bonds is 2. The Morgan fingerprint density at radius 3 is 1.96 bits per heavy atom. The van der Waals surface area contributed by atoms with E-state index in [-0.39, 0.29) is 11.8 Å². The topological polar surface area (TPSA) is 40.6 Å². The Hall–Kier alpha value is -3.40. The third kappa shape index (κ3) is 2.45. The zero-order valence-corrected chi connectivity index (χ0v) is 15.0. The summed E-state index contributed by atoms with van der Waals surface area (Å²) in [6.07, 6.45) is 0. The van der Waals surface area contributed by atoms with Crippen LogP contribution in [0.1, 0.15) is 37.4 Å². The van der Waals surface area contributed by atoms with Crippen LogP contribution in [0.5, 0.6) is 0 Å². The molecule has 0 unspecified atom stereocenters. The largest absolute Gasteiger partial charge is 0.363 e. The quantitative estimate of drug-likeness (QED) is 0.644. The van der Waals surface area contributed by atoms with Crippen molar-refractivity contribution in [2.45, 2.75) is 20.0 Å². The van der Waals surface area contributed by atoms with Crippen LogP contribution in [0, 0.1) is 6.92 Å². The molecular weight excluding hydrogens is 336 g/mol. The SMILES string of the molecule is Cc1ccc(N2C(=O)c3ccc(N4Cc5ccccc5C4)cc3C2=O)cc1. The van der Waals surface area contributed by atoms with Crippen LogP contribution in [-0.4, -0.2) is 11.8 Å². The predicted molar refractivity (Wildman–Crippen MR) is 105 cm³/mol. The minimum absolute atomic E-state index is 0.252. The number of hydrogen-bond acceptors (Lipinski definition) is 3. The number of carbonyl (C=O) groups excluding carboxylic acids is 2. The second-order valence-electron chi connectivity index (χ2n) is 7.14. The summed E-state index contributed by atoms with van der Waals surface area (Å²) in [5.74, 6) is -0.507. The molecule has 2 aliphatic heterocycles. The Labute approximate surface area is 157 Å². The van der Waals surface area contributed by atoms with Gasteiger partial charge in [0, 0.05) is 18.8 Å². The van der Waals surface area contributed by atoms with Gasteiger partial charge < -0.3 is 4.90 Å². The van der Waals surface area contributed by atoms with E-state index in [9.17, 15) is 9.59 Å². The van der Waals surface area contributed by atoms with E-state index >= 15 is 0 Å². The lowest BCUT2D eigenvalue weighted by Gasteiger charge is -2.18. The molecule has 132 valence electrons. The van der Waals surface area contributed by atoms with E-state index in [1.165, 1.54) is 16.0 Å². The number of carbonyl (C=O) groups is 2. The van der Waals surface area contributed by atoms with Crippen molar-refractivity contribution in [2.75, 3.05) is 9.80 Å². The van der Waals surface area contributed by atoms with Crippen LogP contribution in [-0.2, 0) is 13.1 Å². The molecule has 0 saturated carbocycles. The lowest BCUT2D eigenvalue weighted by molar-refractivity contribution is 0.0926. The molecule has 4 heteroatoms. The van der Waals surface area contributed by atoms with E-state index in [2.05, 4.69) is 17.0 Å². The maximum Gasteiger partial charge on any atom is 0.266 e. The zero-order chi connectivity index (χ0) is 18.5. The number of fused-ring (bicyclic) bond motifs is 2. The number of benzene rings is 3. The molecule has 0 radical (unpaired) electrons. The van der Waals surface area contributed by atoms with Gasteiger partial charge in [0.25, 0.3) is 11.8 Å². The normalized spacial score (nSPS) is 15.3. The highest BCUT2D eigenvalue weighted by atomic mass is 16.2. The van der Waals surface area contributed by atoms with Gasteiger partial charge in [-0.05, 0) is 48.4 Å². The summed E-state index contributed by atoms with van der Waals surface area (Å²) in [5.41, 5.74) is 6.24. The molecule has 0 spiro atoms. The van der Waals surface area contributed by atoms with Crippen molar-refractivity contribution < 1.29 is 9.59 Å². The van der Waals surface area contributed by atoms with Gasteiger partial charge in [-0.25, -0.2) is 4.90 Å².